The lowest BCUT2D eigenvalue weighted by atomic mass is 10.1. The second kappa shape index (κ2) is 4.23. The fourth-order valence-electron chi connectivity index (χ4n) is 1.72. The van der Waals surface area contributed by atoms with Crippen LogP contribution >= 0.6 is 0 Å². The van der Waals surface area contributed by atoms with Gasteiger partial charge in [-0.15, -0.1) is 0 Å². The Kier molecular flexibility index (Phi) is 2.77. The topological polar surface area (TPSA) is 53.1 Å². The van der Waals surface area contributed by atoms with Gasteiger partial charge >= 0.3 is 5.97 Å². The third-order valence-electron chi connectivity index (χ3n) is 2.55. The van der Waals surface area contributed by atoms with Crippen molar-refractivity contribution in [3.63, 3.8) is 0 Å². The molecule has 1 aromatic carbocycles. The quantitative estimate of drug-likeness (QED) is 0.826. The van der Waals surface area contributed by atoms with Crippen molar-refractivity contribution >= 4 is 5.97 Å². The molecule has 2 rings (SSSR count). The molecule has 0 bridgehead atoms. The van der Waals surface area contributed by atoms with E-state index in [0.29, 0.717) is 0 Å². The van der Waals surface area contributed by atoms with Gasteiger partial charge in [0.15, 0.2) is 0 Å². The summed E-state index contributed by atoms with van der Waals surface area (Å²) in [6, 6.07) is 11.8. The van der Waals surface area contributed by atoms with Gasteiger partial charge in [-0.2, -0.15) is 0 Å². The molecule has 0 aliphatic heterocycles. The predicted molar refractivity (Wildman–Crippen MR) is 62.3 cm³/mol. The van der Waals surface area contributed by atoms with Crippen LogP contribution in [0.4, 0.5) is 0 Å². The number of aromatic amines is 1. The molecule has 1 aromatic heterocycles. The minimum absolute atomic E-state index is 0.0646. The van der Waals surface area contributed by atoms with E-state index in [1.165, 1.54) is 0 Å². The lowest BCUT2D eigenvalue weighted by Crippen LogP contribution is -1.99. The maximum atomic E-state index is 10.7. The van der Waals surface area contributed by atoms with Crippen molar-refractivity contribution in [3.8, 4) is 11.3 Å². The van der Waals surface area contributed by atoms with E-state index in [0.717, 1.165) is 22.5 Å². The number of H-pyrrole nitrogens is 1. The number of carbonyl (C=O) groups is 1. The van der Waals surface area contributed by atoms with E-state index in [1.807, 2.05) is 43.3 Å². The molecule has 16 heavy (non-hydrogen) atoms. The first-order valence-corrected chi connectivity index (χ1v) is 5.12. The van der Waals surface area contributed by atoms with Crippen LogP contribution in [0.5, 0.6) is 0 Å². The zero-order chi connectivity index (χ0) is 11.5. The Morgan fingerprint density at radius 1 is 1.31 bits per heavy atom. The smallest absolute Gasteiger partial charge is 0.307 e. The monoisotopic (exact) mass is 215 g/mol. The molecular formula is C13H13NO2. The van der Waals surface area contributed by atoms with E-state index in [-0.39, 0.29) is 6.42 Å². The molecule has 0 radical (unpaired) electrons. The summed E-state index contributed by atoms with van der Waals surface area (Å²) in [5.74, 6) is -0.804. The van der Waals surface area contributed by atoms with Crippen molar-refractivity contribution in [2.24, 2.45) is 0 Å². The third kappa shape index (κ3) is 2.14. The Balaban J connectivity index is 2.34. The predicted octanol–water partition coefficient (Wildman–Crippen LogP) is 2.62. The summed E-state index contributed by atoms with van der Waals surface area (Å²) in [5.41, 5.74) is 3.80. The number of rotatable bonds is 3. The Bertz CT molecular complexity index is 500. The summed E-state index contributed by atoms with van der Waals surface area (Å²) in [7, 11) is 0. The maximum absolute atomic E-state index is 10.7. The molecule has 0 saturated heterocycles. The van der Waals surface area contributed by atoms with Gasteiger partial charge in [0.25, 0.3) is 0 Å². The molecule has 3 nitrogen and oxygen atoms in total. The molecule has 82 valence electrons. The van der Waals surface area contributed by atoms with Crippen molar-refractivity contribution in [1.29, 1.82) is 0 Å². The Hall–Kier alpha value is -2.03. The van der Waals surface area contributed by atoms with Crippen LogP contribution in [-0.4, -0.2) is 16.1 Å². The second-order valence-corrected chi connectivity index (χ2v) is 3.77. The average Bonchev–Trinajstić information content (AvgIpc) is 2.61. The highest BCUT2D eigenvalue weighted by molar-refractivity contribution is 5.72. The number of aliphatic carboxylic acids is 1. The highest BCUT2D eigenvalue weighted by Gasteiger charge is 2.08. The SMILES string of the molecule is Cc1[nH]c(-c2ccccc2)cc1CC(=O)O. The highest BCUT2D eigenvalue weighted by atomic mass is 16.4. The van der Waals surface area contributed by atoms with E-state index < -0.39 is 5.97 Å². The first-order valence-electron chi connectivity index (χ1n) is 5.12. The molecule has 1 heterocycles. The maximum Gasteiger partial charge on any atom is 0.307 e. The number of hydrogen-bond donors (Lipinski definition) is 2. The highest BCUT2D eigenvalue weighted by Crippen LogP contribution is 2.21. The lowest BCUT2D eigenvalue weighted by Gasteiger charge is -1.95. The Morgan fingerprint density at radius 2 is 2.00 bits per heavy atom. The number of aromatic nitrogens is 1. The van der Waals surface area contributed by atoms with Crippen LogP contribution in [0.2, 0.25) is 0 Å². The van der Waals surface area contributed by atoms with Crippen LogP contribution in [0, 0.1) is 6.92 Å². The molecule has 0 atom stereocenters. The number of carboxylic acids is 1. The van der Waals surface area contributed by atoms with E-state index in [9.17, 15) is 4.79 Å². The molecule has 0 aliphatic rings. The summed E-state index contributed by atoms with van der Waals surface area (Å²) in [4.78, 5) is 13.9. The van der Waals surface area contributed by atoms with Crippen LogP contribution in [0.3, 0.4) is 0 Å². The Morgan fingerprint density at radius 3 is 2.62 bits per heavy atom. The zero-order valence-corrected chi connectivity index (χ0v) is 9.03. The van der Waals surface area contributed by atoms with Crippen LogP contribution < -0.4 is 0 Å². The summed E-state index contributed by atoms with van der Waals surface area (Å²) in [5, 5.41) is 8.76. The largest absolute Gasteiger partial charge is 0.481 e. The minimum atomic E-state index is -0.804. The lowest BCUT2D eigenvalue weighted by molar-refractivity contribution is -0.136. The molecule has 0 fully saturated rings. The van der Waals surface area contributed by atoms with Gasteiger partial charge in [0.1, 0.15) is 0 Å². The van der Waals surface area contributed by atoms with Gasteiger partial charge in [0, 0.05) is 11.4 Å². The van der Waals surface area contributed by atoms with Crippen molar-refractivity contribution in [2.75, 3.05) is 0 Å². The number of carboxylic acid groups (broad SMARTS) is 1. The van der Waals surface area contributed by atoms with Crippen molar-refractivity contribution in [1.82, 2.24) is 4.98 Å². The van der Waals surface area contributed by atoms with E-state index >= 15 is 0 Å². The van der Waals surface area contributed by atoms with Gasteiger partial charge in [-0.1, -0.05) is 30.3 Å². The first kappa shape index (κ1) is 10.5. The van der Waals surface area contributed by atoms with Crippen LogP contribution in [0.1, 0.15) is 11.3 Å². The third-order valence-corrected chi connectivity index (χ3v) is 2.55. The van der Waals surface area contributed by atoms with Crippen LogP contribution in [0.25, 0.3) is 11.3 Å². The molecule has 0 unspecified atom stereocenters. The van der Waals surface area contributed by atoms with Crippen molar-refractivity contribution < 1.29 is 9.90 Å². The fourth-order valence-corrected chi connectivity index (χ4v) is 1.72. The van der Waals surface area contributed by atoms with Crippen LogP contribution in [-0.2, 0) is 11.2 Å². The fraction of sp³-hybridized carbons (Fsp3) is 0.154. The number of benzene rings is 1. The van der Waals surface area contributed by atoms with E-state index in [2.05, 4.69) is 4.98 Å². The van der Waals surface area contributed by atoms with E-state index in [4.69, 9.17) is 5.11 Å². The number of hydrogen-bond acceptors (Lipinski definition) is 1. The minimum Gasteiger partial charge on any atom is -0.481 e. The normalized spacial score (nSPS) is 10.3. The summed E-state index contributed by atoms with van der Waals surface area (Å²) >= 11 is 0. The molecular weight excluding hydrogens is 202 g/mol. The number of nitrogens with one attached hydrogen (secondary N) is 1. The van der Waals surface area contributed by atoms with Gasteiger partial charge in [-0.25, -0.2) is 0 Å². The van der Waals surface area contributed by atoms with Crippen molar-refractivity contribution in [3.05, 3.63) is 47.7 Å². The molecule has 2 aromatic rings. The summed E-state index contributed by atoms with van der Waals surface area (Å²) in [6.45, 7) is 1.89. The molecule has 0 saturated carbocycles. The molecule has 0 spiro atoms. The molecule has 2 N–H and O–H groups in total. The zero-order valence-electron chi connectivity index (χ0n) is 9.03. The van der Waals surface area contributed by atoms with Gasteiger partial charge in [-0.05, 0) is 24.1 Å². The standard InChI is InChI=1S/C13H13NO2/c1-9-11(8-13(15)16)7-12(14-9)10-5-3-2-4-6-10/h2-7,14H,8H2,1H3,(H,15,16). The number of aryl methyl sites for hydroxylation is 1. The molecule has 0 amide bonds. The Labute approximate surface area is 93.7 Å². The molecule has 0 aliphatic carbocycles. The van der Waals surface area contributed by atoms with Gasteiger partial charge in [-0.3, -0.25) is 4.79 Å². The van der Waals surface area contributed by atoms with E-state index in [1.54, 1.807) is 0 Å². The van der Waals surface area contributed by atoms with Crippen LogP contribution in [0.15, 0.2) is 36.4 Å². The van der Waals surface area contributed by atoms with Gasteiger partial charge in [0.2, 0.25) is 0 Å². The van der Waals surface area contributed by atoms with Gasteiger partial charge < -0.3 is 10.1 Å². The average molecular weight is 215 g/mol. The second-order valence-electron chi connectivity index (χ2n) is 3.77. The van der Waals surface area contributed by atoms with Gasteiger partial charge in [0.05, 0.1) is 6.42 Å². The van der Waals surface area contributed by atoms with Crippen molar-refractivity contribution in [2.45, 2.75) is 13.3 Å². The first-order chi connectivity index (χ1) is 7.66. The summed E-state index contributed by atoms with van der Waals surface area (Å²) < 4.78 is 0. The molecule has 3 heteroatoms. The summed E-state index contributed by atoms with van der Waals surface area (Å²) in [6.07, 6.45) is 0.0646.